The van der Waals surface area contributed by atoms with E-state index in [1.807, 2.05) is 12.3 Å². The van der Waals surface area contributed by atoms with Crippen LogP contribution in [-0.4, -0.2) is 33.3 Å². The van der Waals surface area contributed by atoms with Crippen LogP contribution < -0.4 is 5.32 Å². The van der Waals surface area contributed by atoms with Crippen molar-refractivity contribution in [3.8, 4) is 0 Å². The Morgan fingerprint density at radius 1 is 1.47 bits per heavy atom. The predicted octanol–water partition coefficient (Wildman–Crippen LogP) is 1.55. The van der Waals surface area contributed by atoms with Crippen molar-refractivity contribution < 1.29 is 9.59 Å². The van der Waals surface area contributed by atoms with Crippen molar-refractivity contribution in [3.05, 3.63) is 16.6 Å². The third-order valence-corrected chi connectivity index (χ3v) is 4.03. The van der Waals surface area contributed by atoms with Crippen LogP contribution in [-0.2, 0) is 16.1 Å². The number of hydrogen-bond donors (Lipinski definition) is 1. The predicted molar refractivity (Wildman–Crippen MR) is 73.6 cm³/mol. The molecule has 5 nitrogen and oxygen atoms in total. The van der Waals surface area contributed by atoms with Crippen molar-refractivity contribution >= 4 is 23.2 Å². The molecule has 0 saturated carbocycles. The van der Waals surface area contributed by atoms with E-state index in [-0.39, 0.29) is 17.9 Å². The lowest BCUT2D eigenvalue weighted by molar-refractivity contribution is -0.154. The minimum absolute atomic E-state index is 0.0410. The Labute approximate surface area is 117 Å². The second-order valence-electron chi connectivity index (χ2n) is 5.28. The summed E-state index contributed by atoms with van der Waals surface area (Å²) in [6.45, 7) is 5.91. The normalized spacial score (nSPS) is 22.5. The molecule has 1 atom stereocenters. The van der Waals surface area contributed by atoms with E-state index in [2.05, 4.69) is 10.3 Å². The second-order valence-corrected chi connectivity index (χ2v) is 6.26. The molecule has 6 heteroatoms. The third kappa shape index (κ3) is 2.78. The molecule has 1 aliphatic rings. The average molecular weight is 281 g/mol. The topological polar surface area (TPSA) is 62.3 Å². The minimum atomic E-state index is -0.835. The van der Waals surface area contributed by atoms with Gasteiger partial charge in [-0.15, -0.1) is 11.3 Å². The maximum Gasteiger partial charge on any atom is 0.248 e. The van der Waals surface area contributed by atoms with Crippen LogP contribution in [0.1, 0.15) is 38.6 Å². The zero-order valence-corrected chi connectivity index (χ0v) is 12.3. The van der Waals surface area contributed by atoms with Crippen LogP contribution in [0, 0.1) is 0 Å². The van der Waals surface area contributed by atoms with E-state index >= 15 is 0 Å². The fourth-order valence-corrected chi connectivity index (χ4v) is 2.92. The molecule has 0 spiro atoms. The molecule has 104 valence electrons. The summed E-state index contributed by atoms with van der Waals surface area (Å²) in [6.07, 6.45) is 3.26. The van der Waals surface area contributed by atoms with Gasteiger partial charge < -0.3 is 10.2 Å². The molecule has 19 heavy (non-hydrogen) atoms. The Kier molecular flexibility index (Phi) is 3.89. The number of nitrogens with zero attached hydrogens (tertiary/aromatic N) is 2. The van der Waals surface area contributed by atoms with E-state index in [9.17, 15) is 9.59 Å². The summed E-state index contributed by atoms with van der Waals surface area (Å²) in [5.74, 6) is -0.108. The van der Waals surface area contributed by atoms with E-state index in [0.717, 1.165) is 11.4 Å². The Balaban J connectivity index is 2.26. The number of thiazole rings is 1. The van der Waals surface area contributed by atoms with Gasteiger partial charge >= 0.3 is 0 Å². The molecule has 1 fully saturated rings. The molecule has 0 radical (unpaired) electrons. The fraction of sp³-hybridized carbons (Fsp3) is 0.615. The molecule has 2 heterocycles. The number of piperazine rings is 1. The molecule has 2 rings (SSSR count). The van der Waals surface area contributed by atoms with Gasteiger partial charge in [-0.1, -0.05) is 13.3 Å². The van der Waals surface area contributed by atoms with Gasteiger partial charge in [0.1, 0.15) is 16.6 Å². The van der Waals surface area contributed by atoms with Gasteiger partial charge in [-0.25, -0.2) is 4.98 Å². The van der Waals surface area contributed by atoms with Gasteiger partial charge in [0, 0.05) is 11.6 Å². The summed E-state index contributed by atoms with van der Waals surface area (Å²) in [5, 5.41) is 5.54. The summed E-state index contributed by atoms with van der Waals surface area (Å²) in [6, 6.07) is -0.380. The third-order valence-electron chi connectivity index (χ3n) is 3.26. The summed E-state index contributed by atoms with van der Waals surface area (Å²) < 4.78 is 0. The SMILES string of the molecule is CCCC1C(=O)NC(C)(C)C(=O)N1Cc1nccs1. The molecule has 1 aliphatic heterocycles. The first-order valence-corrected chi connectivity index (χ1v) is 7.35. The Bertz CT molecular complexity index is 470. The maximum atomic E-state index is 12.5. The Morgan fingerprint density at radius 2 is 2.21 bits per heavy atom. The van der Waals surface area contributed by atoms with Crippen molar-refractivity contribution in [2.24, 2.45) is 0 Å². The zero-order valence-electron chi connectivity index (χ0n) is 11.5. The van der Waals surface area contributed by atoms with Crippen molar-refractivity contribution in [1.82, 2.24) is 15.2 Å². The number of hydrogen-bond acceptors (Lipinski definition) is 4. The van der Waals surface area contributed by atoms with Crippen LogP contribution in [0.5, 0.6) is 0 Å². The van der Waals surface area contributed by atoms with Gasteiger partial charge in [0.25, 0.3) is 0 Å². The number of rotatable bonds is 4. The molecule has 1 N–H and O–H groups in total. The molecule has 1 unspecified atom stereocenters. The number of carbonyl (C=O) groups excluding carboxylic acids is 2. The number of aromatic nitrogens is 1. The highest BCUT2D eigenvalue weighted by Gasteiger charge is 2.44. The summed E-state index contributed by atoms with van der Waals surface area (Å²) in [7, 11) is 0. The molecular weight excluding hydrogens is 262 g/mol. The smallest absolute Gasteiger partial charge is 0.248 e. The Morgan fingerprint density at radius 3 is 2.79 bits per heavy atom. The molecule has 0 aromatic carbocycles. The average Bonchev–Trinajstić information content (AvgIpc) is 2.83. The Hall–Kier alpha value is -1.43. The largest absolute Gasteiger partial charge is 0.340 e. The van der Waals surface area contributed by atoms with E-state index in [4.69, 9.17) is 0 Å². The molecule has 1 aromatic rings. The lowest BCUT2D eigenvalue weighted by atomic mass is 9.95. The molecule has 1 saturated heterocycles. The summed E-state index contributed by atoms with van der Waals surface area (Å²) >= 11 is 1.50. The number of carbonyl (C=O) groups is 2. The fourth-order valence-electron chi connectivity index (χ4n) is 2.31. The molecule has 2 amide bonds. The van der Waals surface area contributed by atoms with Gasteiger partial charge in [0.15, 0.2) is 0 Å². The second kappa shape index (κ2) is 5.28. The van der Waals surface area contributed by atoms with Crippen molar-refractivity contribution in [1.29, 1.82) is 0 Å². The number of nitrogens with one attached hydrogen (secondary N) is 1. The van der Waals surface area contributed by atoms with Crippen LogP contribution in [0.2, 0.25) is 0 Å². The molecular formula is C13H19N3O2S. The lowest BCUT2D eigenvalue weighted by Gasteiger charge is -2.42. The monoisotopic (exact) mass is 281 g/mol. The first-order chi connectivity index (χ1) is 8.95. The van der Waals surface area contributed by atoms with E-state index in [1.54, 1.807) is 24.9 Å². The van der Waals surface area contributed by atoms with Crippen LogP contribution in [0.25, 0.3) is 0 Å². The van der Waals surface area contributed by atoms with Gasteiger partial charge in [-0.3, -0.25) is 9.59 Å². The number of amides is 2. The highest BCUT2D eigenvalue weighted by Crippen LogP contribution is 2.23. The van der Waals surface area contributed by atoms with E-state index in [1.165, 1.54) is 11.3 Å². The standard InChI is InChI=1S/C13H19N3O2S/c1-4-5-9-11(17)15-13(2,3)12(18)16(9)8-10-14-6-7-19-10/h6-7,9H,4-5,8H2,1-3H3,(H,15,17). The van der Waals surface area contributed by atoms with Gasteiger partial charge in [0.2, 0.25) is 11.8 Å². The van der Waals surface area contributed by atoms with Crippen LogP contribution in [0.4, 0.5) is 0 Å². The quantitative estimate of drug-likeness (QED) is 0.911. The molecule has 0 bridgehead atoms. The van der Waals surface area contributed by atoms with Crippen LogP contribution >= 0.6 is 11.3 Å². The summed E-state index contributed by atoms with van der Waals surface area (Å²) in [4.78, 5) is 30.5. The van der Waals surface area contributed by atoms with E-state index in [0.29, 0.717) is 13.0 Å². The summed E-state index contributed by atoms with van der Waals surface area (Å²) in [5.41, 5.74) is -0.835. The van der Waals surface area contributed by atoms with Gasteiger partial charge in [-0.2, -0.15) is 0 Å². The molecule has 0 aliphatic carbocycles. The first-order valence-electron chi connectivity index (χ1n) is 6.47. The van der Waals surface area contributed by atoms with Gasteiger partial charge in [0.05, 0.1) is 6.54 Å². The first kappa shape index (κ1) is 14.0. The van der Waals surface area contributed by atoms with Crippen molar-refractivity contribution in [2.75, 3.05) is 0 Å². The highest BCUT2D eigenvalue weighted by atomic mass is 32.1. The van der Waals surface area contributed by atoms with Crippen LogP contribution in [0.15, 0.2) is 11.6 Å². The highest BCUT2D eigenvalue weighted by molar-refractivity contribution is 7.09. The zero-order chi connectivity index (χ0) is 14.0. The van der Waals surface area contributed by atoms with E-state index < -0.39 is 5.54 Å². The van der Waals surface area contributed by atoms with Gasteiger partial charge in [-0.05, 0) is 20.3 Å². The minimum Gasteiger partial charge on any atom is -0.340 e. The molecule has 1 aromatic heterocycles. The van der Waals surface area contributed by atoms with Crippen LogP contribution in [0.3, 0.4) is 0 Å². The van der Waals surface area contributed by atoms with Crippen molar-refractivity contribution in [3.63, 3.8) is 0 Å². The van der Waals surface area contributed by atoms with Crippen molar-refractivity contribution in [2.45, 2.75) is 51.7 Å². The maximum absolute atomic E-state index is 12.5. The lowest BCUT2D eigenvalue weighted by Crippen LogP contribution is -2.67.